The number of morpholine rings is 1. The minimum absolute atomic E-state index is 0.0533. The zero-order valence-corrected chi connectivity index (χ0v) is 23.8. The van der Waals surface area contributed by atoms with Gasteiger partial charge in [-0.1, -0.05) is 18.6 Å². The van der Waals surface area contributed by atoms with E-state index >= 15 is 0 Å². The number of halogens is 3. The summed E-state index contributed by atoms with van der Waals surface area (Å²) in [5.74, 6) is -0.957. The molecule has 41 heavy (non-hydrogen) atoms. The first-order valence-electron chi connectivity index (χ1n) is 13.7. The van der Waals surface area contributed by atoms with Crippen molar-refractivity contribution in [3.05, 3.63) is 41.6 Å². The molecule has 228 valence electrons. The maximum absolute atomic E-state index is 13.9. The number of ether oxygens (including phenoxy) is 1. The second kappa shape index (κ2) is 17.4. The molecule has 1 saturated heterocycles. The van der Waals surface area contributed by atoms with Crippen LogP contribution in [0.15, 0.2) is 46.0 Å². The Kier molecular flexibility index (Phi) is 14.3. The third-order valence-corrected chi connectivity index (χ3v) is 6.68. The molecule has 3 rings (SSSR count). The van der Waals surface area contributed by atoms with Crippen LogP contribution >= 0.6 is 0 Å². The summed E-state index contributed by atoms with van der Waals surface area (Å²) in [7, 11) is 0. The Hall–Kier alpha value is -3.45. The number of nitrogens with zero attached hydrogens (tertiary/aromatic N) is 3. The van der Waals surface area contributed by atoms with E-state index in [0.717, 1.165) is 51.4 Å². The lowest BCUT2D eigenvalue weighted by molar-refractivity contribution is -0.125. The number of benzene rings is 1. The van der Waals surface area contributed by atoms with Gasteiger partial charge in [-0.3, -0.25) is 19.5 Å². The van der Waals surface area contributed by atoms with E-state index in [2.05, 4.69) is 43.3 Å². The Morgan fingerprint density at radius 3 is 2.46 bits per heavy atom. The molecule has 5 N–H and O–H groups in total. The lowest BCUT2D eigenvalue weighted by Crippen LogP contribution is -2.47. The number of alkyl halides is 3. The van der Waals surface area contributed by atoms with Crippen molar-refractivity contribution in [2.24, 2.45) is 21.6 Å². The summed E-state index contributed by atoms with van der Waals surface area (Å²) in [5.41, 5.74) is 5.07. The zero-order chi connectivity index (χ0) is 30.3. The van der Waals surface area contributed by atoms with Crippen LogP contribution in [0.2, 0.25) is 0 Å². The molecule has 1 aromatic rings. The molecule has 0 aromatic heterocycles. The summed E-state index contributed by atoms with van der Waals surface area (Å²) >= 11 is 0. The van der Waals surface area contributed by atoms with Crippen molar-refractivity contribution >= 4 is 30.6 Å². The molecule has 0 bridgehead atoms. The molecule has 1 aliphatic carbocycles. The third-order valence-electron chi connectivity index (χ3n) is 6.68. The van der Waals surface area contributed by atoms with Crippen LogP contribution in [-0.4, -0.2) is 87.5 Å². The largest absolute Gasteiger partial charge is 0.421 e. The molecule has 2 atom stereocenters. The van der Waals surface area contributed by atoms with Crippen LogP contribution in [0.5, 0.6) is 0 Å². The van der Waals surface area contributed by atoms with E-state index in [1.54, 1.807) is 0 Å². The quantitative estimate of drug-likeness (QED) is 0.181. The lowest BCUT2D eigenvalue weighted by Gasteiger charge is -2.26. The molecule has 1 aromatic carbocycles. The summed E-state index contributed by atoms with van der Waals surface area (Å²) in [4.78, 5) is 31.1. The van der Waals surface area contributed by atoms with Gasteiger partial charge in [-0.15, -0.1) is 0 Å². The van der Waals surface area contributed by atoms with Gasteiger partial charge in [0.2, 0.25) is 12.3 Å². The molecular weight excluding hydrogens is 539 g/mol. The highest BCUT2D eigenvalue weighted by atomic mass is 19.4. The number of carbonyl (C=O) groups is 2. The van der Waals surface area contributed by atoms with Crippen LogP contribution in [0.3, 0.4) is 0 Å². The number of amides is 2. The Bertz CT molecular complexity index is 1020. The topological polar surface area (TPSA) is 133 Å². The van der Waals surface area contributed by atoms with E-state index in [-0.39, 0.29) is 30.9 Å². The van der Waals surface area contributed by atoms with Crippen LogP contribution < -0.4 is 21.7 Å². The van der Waals surface area contributed by atoms with E-state index in [4.69, 9.17) is 9.53 Å². The summed E-state index contributed by atoms with van der Waals surface area (Å²) in [6.45, 7) is 11.2. The van der Waals surface area contributed by atoms with Gasteiger partial charge in [-0.05, 0) is 57.5 Å². The molecule has 2 fully saturated rings. The third kappa shape index (κ3) is 11.9. The number of amidine groups is 1. The van der Waals surface area contributed by atoms with Gasteiger partial charge < -0.3 is 26.4 Å². The number of hydrogen-bond acceptors (Lipinski definition) is 7. The first-order chi connectivity index (χ1) is 19.6. The predicted molar refractivity (Wildman–Crippen MR) is 155 cm³/mol. The number of nitrogens with two attached hydrogens (primary N) is 1. The number of anilines is 1. The molecule has 0 spiro atoms. The summed E-state index contributed by atoms with van der Waals surface area (Å²) in [6, 6.07) is 7.28. The fourth-order valence-electron chi connectivity index (χ4n) is 4.69. The molecule has 1 saturated carbocycles. The number of rotatable bonds is 11. The van der Waals surface area contributed by atoms with Crippen LogP contribution in [0, 0.1) is 5.92 Å². The van der Waals surface area contributed by atoms with Crippen LogP contribution in [-0.2, 0) is 20.7 Å². The monoisotopic (exact) mass is 581 g/mol. The van der Waals surface area contributed by atoms with Crippen molar-refractivity contribution in [2.45, 2.75) is 57.8 Å². The summed E-state index contributed by atoms with van der Waals surface area (Å²) in [5, 5.41) is 8.85. The molecule has 13 heteroatoms. The molecular formula is C28H42F3N7O3. The first-order valence-corrected chi connectivity index (χ1v) is 13.7. The van der Waals surface area contributed by atoms with Crippen molar-refractivity contribution in [2.75, 3.05) is 44.8 Å². The highest BCUT2D eigenvalue weighted by Crippen LogP contribution is 2.30. The van der Waals surface area contributed by atoms with Gasteiger partial charge in [-0.25, -0.2) is 4.99 Å². The first kappa shape index (κ1) is 33.8. The molecule has 0 radical (unpaired) electrons. The Labute approximate surface area is 239 Å². The van der Waals surface area contributed by atoms with Crippen molar-refractivity contribution in [3.8, 4) is 0 Å². The van der Waals surface area contributed by atoms with E-state index < -0.39 is 23.7 Å². The summed E-state index contributed by atoms with van der Waals surface area (Å²) < 4.78 is 47.0. The average Bonchev–Trinajstić information content (AvgIpc) is 3.39. The molecule has 2 amide bonds. The van der Waals surface area contributed by atoms with Gasteiger partial charge in [0.15, 0.2) is 0 Å². The number of hydrogen-bond donors (Lipinski definition) is 4. The van der Waals surface area contributed by atoms with Crippen LogP contribution in [0.25, 0.3) is 0 Å². The van der Waals surface area contributed by atoms with Crippen molar-refractivity contribution in [1.29, 1.82) is 0 Å². The van der Waals surface area contributed by atoms with Crippen LogP contribution in [0.1, 0.15) is 38.7 Å². The fraction of sp³-hybridized carbons (Fsp3) is 0.571. The fourth-order valence-corrected chi connectivity index (χ4v) is 4.69. The van der Waals surface area contributed by atoms with Crippen molar-refractivity contribution < 1.29 is 27.5 Å². The Morgan fingerprint density at radius 1 is 1.22 bits per heavy atom. The minimum Gasteiger partial charge on any atom is -0.379 e. The van der Waals surface area contributed by atoms with E-state index in [0.29, 0.717) is 19.0 Å². The van der Waals surface area contributed by atoms with Gasteiger partial charge >= 0.3 is 6.18 Å². The summed E-state index contributed by atoms with van der Waals surface area (Å²) in [6.07, 6.45) is -0.960. The van der Waals surface area contributed by atoms with Gasteiger partial charge in [0, 0.05) is 43.6 Å². The minimum atomic E-state index is -4.69. The molecule has 10 nitrogen and oxygen atoms in total. The smallest absolute Gasteiger partial charge is 0.379 e. The lowest BCUT2D eigenvalue weighted by atomic mass is 10.0. The second-order valence-electron chi connectivity index (χ2n) is 10.1. The highest BCUT2D eigenvalue weighted by molar-refractivity contribution is 6.00. The highest BCUT2D eigenvalue weighted by Gasteiger charge is 2.40. The van der Waals surface area contributed by atoms with Crippen LogP contribution in [0.4, 0.5) is 18.9 Å². The van der Waals surface area contributed by atoms with Gasteiger partial charge in [0.05, 0.1) is 19.1 Å². The van der Waals surface area contributed by atoms with E-state index in [1.807, 2.05) is 38.1 Å². The Balaban J connectivity index is 0.00000187. The van der Waals surface area contributed by atoms with E-state index in [1.165, 1.54) is 5.56 Å². The number of carbonyl (C=O) groups excluding carboxylic acids is 2. The molecule has 1 aliphatic heterocycles. The maximum atomic E-state index is 13.9. The van der Waals surface area contributed by atoms with Gasteiger partial charge in [0.1, 0.15) is 18.1 Å². The SMILES string of the molecule is C=N/C=C(\C(=N/CNc1ccc(CCN2CCOCC2)cc1)NC1CCCC1C(=O)NC(C)C)C(F)(F)F.NC=O. The molecule has 2 unspecified atom stereocenters. The van der Waals surface area contributed by atoms with E-state index in [9.17, 15) is 18.0 Å². The number of nitrogens with one attached hydrogen (secondary N) is 3. The normalized spacial score (nSPS) is 20.1. The number of primary amides is 1. The Morgan fingerprint density at radius 2 is 1.88 bits per heavy atom. The standard InChI is InChI=1S/C27H39F3N6O2.CH3NO/c1-19(2)34-26(37)22-5-4-6-24(22)35-25(23(17-31-3)27(28,29)30)33-18-32-21-9-7-20(8-10-21)11-12-36-13-15-38-16-14-36;2-1-3/h7-10,17,19,22,24,32H,3-6,11-16,18H2,1-2H3,(H,33,35)(H,34,37);1H,(H2,2,3)/b23-17+;. The second-order valence-corrected chi connectivity index (χ2v) is 10.1. The van der Waals surface area contributed by atoms with Gasteiger partial charge in [0.25, 0.3) is 0 Å². The zero-order valence-electron chi connectivity index (χ0n) is 23.8. The number of aliphatic imine (C=N–C) groups is 2. The molecule has 1 heterocycles. The van der Waals surface area contributed by atoms with Crippen molar-refractivity contribution in [1.82, 2.24) is 15.5 Å². The predicted octanol–water partition coefficient (Wildman–Crippen LogP) is 2.86. The van der Waals surface area contributed by atoms with Gasteiger partial charge in [-0.2, -0.15) is 13.2 Å². The van der Waals surface area contributed by atoms with Crippen molar-refractivity contribution in [3.63, 3.8) is 0 Å². The maximum Gasteiger partial charge on any atom is 0.421 e. The average molecular weight is 582 g/mol. The molecule has 2 aliphatic rings.